The van der Waals surface area contributed by atoms with Gasteiger partial charge in [0.1, 0.15) is 10.6 Å². The molecular formula is C11H15F3N2O4S. The molecule has 0 unspecified atom stereocenters. The number of sulfonamides is 1. The minimum atomic E-state index is -4.47. The van der Waals surface area contributed by atoms with Crippen LogP contribution in [0.15, 0.2) is 17.2 Å². The lowest BCUT2D eigenvalue weighted by Gasteiger charge is -2.17. The van der Waals surface area contributed by atoms with Gasteiger partial charge in [-0.3, -0.25) is 0 Å². The number of alkyl halides is 3. The minimum absolute atomic E-state index is 0.226. The van der Waals surface area contributed by atoms with Gasteiger partial charge in [-0.15, -0.1) is 0 Å². The molecule has 0 fully saturated rings. The molecule has 0 atom stereocenters. The van der Waals surface area contributed by atoms with Crippen LogP contribution in [0.2, 0.25) is 0 Å². The quantitative estimate of drug-likeness (QED) is 0.863. The summed E-state index contributed by atoms with van der Waals surface area (Å²) in [5.41, 5.74) is -0.236. The van der Waals surface area contributed by atoms with Crippen molar-refractivity contribution in [3.63, 3.8) is 0 Å². The first-order chi connectivity index (χ1) is 9.49. The second kappa shape index (κ2) is 6.06. The van der Waals surface area contributed by atoms with Crippen LogP contribution >= 0.6 is 0 Å². The maximum atomic E-state index is 12.1. The van der Waals surface area contributed by atoms with Gasteiger partial charge in [0.15, 0.2) is 0 Å². The fourth-order valence-electron chi connectivity index (χ4n) is 1.65. The van der Waals surface area contributed by atoms with Gasteiger partial charge in [-0.05, 0) is 13.0 Å². The summed E-state index contributed by atoms with van der Waals surface area (Å²) in [6.07, 6.45) is -4.64. The highest BCUT2D eigenvalue weighted by molar-refractivity contribution is 7.89. The van der Waals surface area contributed by atoms with Gasteiger partial charge >= 0.3 is 12.1 Å². The lowest BCUT2D eigenvalue weighted by atomic mass is 10.4. The third-order valence-corrected chi connectivity index (χ3v) is 4.67. The number of halogens is 3. The number of aromatic carboxylic acids is 1. The summed E-state index contributed by atoms with van der Waals surface area (Å²) in [6.45, 7) is 1.12. The fraction of sp³-hybridized carbons (Fsp3) is 0.545. The predicted molar refractivity (Wildman–Crippen MR) is 67.6 cm³/mol. The van der Waals surface area contributed by atoms with Gasteiger partial charge in [0.25, 0.3) is 0 Å². The topological polar surface area (TPSA) is 79.6 Å². The number of aromatic nitrogens is 1. The van der Waals surface area contributed by atoms with Crippen molar-refractivity contribution < 1.29 is 31.5 Å². The summed E-state index contributed by atoms with van der Waals surface area (Å²) in [4.78, 5) is 10.6. The van der Waals surface area contributed by atoms with E-state index in [-0.39, 0.29) is 17.1 Å². The number of carboxylic acid groups (broad SMARTS) is 1. The van der Waals surface area contributed by atoms with E-state index in [1.807, 2.05) is 0 Å². The average molecular weight is 328 g/mol. The van der Waals surface area contributed by atoms with Crippen molar-refractivity contribution in [1.82, 2.24) is 8.87 Å². The Bertz CT molecular complexity index is 622. The molecule has 1 aromatic heterocycles. The highest BCUT2D eigenvalue weighted by atomic mass is 32.2. The molecule has 0 aromatic carbocycles. The highest BCUT2D eigenvalue weighted by Crippen LogP contribution is 2.23. The van der Waals surface area contributed by atoms with Crippen LogP contribution < -0.4 is 0 Å². The molecule has 0 aliphatic carbocycles. The van der Waals surface area contributed by atoms with E-state index in [4.69, 9.17) is 5.11 Å². The molecule has 0 saturated heterocycles. The zero-order valence-corrected chi connectivity index (χ0v) is 12.2. The van der Waals surface area contributed by atoms with E-state index >= 15 is 0 Å². The normalized spacial score (nSPS) is 12.9. The second-order valence-electron chi connectivity index (χ2n) is 4.34. The van der Waals surface area contributed by atoms with Gasteiger partial charge in [-0.2, -0.15) is 13.2 Å². The van der Waals surface area contributed by atoms with Crippen molar-refractivity contribution in [1.29, 1.82) is 0 Å². The minimum Gasteiger partial charge on any atom is -0.477 e. The second-order valence-corrected chi connectivity index (χ2v) is 6.39. The van der Waals surface area contributed by atoms with Crippen molar-refractivity contribution in [2.75, 3.05) is 13.6 Å². The zero-order chi connectivity index (χ0) is 16.4. The van der Waals surface area contributed by atoms with Crippen LogP contribution in [-0.4, -0.2) is 48.1 Å². The molecule has 10 heteroatoms. The van der Waals surface area contributed by atoms with Gasteiger partial charge in [0.2, 0.25) is 10.0 Å². The number of hydrogen-bond acceptors (Lipinski definition) is 3. The highest BCUT2D eigenvalue weighted by Gasteiger charge is 2.31. The Balaban J connectivity index is 3.05. The number of nitrogens with zero attached hydrogens (tertiary/aromatic N) is 2. The molecule has 1 heterocycles. The van der Waals surface area contributed by atoms with Crippen molar-refractivity contribution in [3.8, 4) is 0 Å². The summed E-state index contributed by atoms with van der Waals surface area (Å²) < 4.78 is 62.4. The lowest BCUT2D eigenvalue weighted by Crippen LogP contribution is -2.30. The van der Waals surface area contributed by atoms with Gasteiger partial charge < -0.3 is 9.67 Å². The molecule has 0 saturated carbocycles. The molecule has 0 spiro atoms. The van der Waals surface area contributed by atoms with Crippen LogP contribution in [0.1, 0.15) is 23.8 Å². The molecule has 1 rings (SSSR count). The Morgan fingerprint density at radius 2 is 2.00 bits per heavy atom. The van der Waals surface area contributed by atoms with Crippen LogP contribution in [0.3, 0.4) is 0 Å². The monoisotopic (exact) mass is 328 g/mol. The van der Waals surface area contributed by atoms with Gasteiger partial charge in [0, 0.05) is 26.3 Å². The Hall–Kier alpha value is -1.55. The third kappa shape index (κ3) is 4.21. The molecule has 1 N–H and O–H groups in total. The third-order valence-electron chi connectivity index (χ3n) is 2.85. The molecule has 21 heavy (non-hydrogen) atoms. The van der Waals surface area contributed by atoms with E-state index in [2.05, 4.69) is 0 Å². The summed E-state index contributed by atoms with van der Waals surface area (Å²) in [5.74, 6) is -1.31. The molecule has 1 aromatic rings. The van der Waals surface area contributed by atoms with Crippen molar-refractivity contribution in [2.45, 2.75) is 31.0 Å². The first-order valence-corrected chi connectivity index (χ1v) is 7.39. The Morgan fingerprint density at radius 3 is 2.38 bits per heavy atom. The van der Waals surface area contributed by atoms with E-state index in [9.17, 15) is 26.4 Å². The van der Waals surface area contributed by atoms with E-state index in [1.54, 1.807) is 6.92 Å². The zero-order valence-electron chi connectivity index (χ0n) is 11.4. The first-order valence-electron chi connectivity index (χ1n) is 5.95. The summed E-state index contributed by atoms with van der Waals surface area (Å²) in [5, 5.41) is 8.95. The summed E-state index contributed by atoms with van der Waals surface area (Å²) >= 11 is 0. The largest absolute Gasteiger partial charge is 0.477 e. The maximum absolute atomic E-state index is 12.1. The van der Waals surface area contributed by atoms with Crippen molar-refractivity contribution in [3.05, 3.63) is 18.0 Å². The molecule has 0 amide bonds. The molecule has 6 nitrogen and oxygen atoms in total. The molecule has 120 valence electrons. The van der Waals surface area contributed by atoms with E-state index in [0.29, 0.717) is 4.31 Å². The number of rotatable bonds is 6. The van der Waals surface area contributed by atoms with E-state index in [0.717, 1.165) is 19.3 Å². The van der Waals surface area contributed by atoms with Gasteiger partial charge in [0.05, 0.1) is 6.42 Å². The smallest absolute Gasteiger partial charge is 0.390 e. The number of aryl methyl sites for hydroxylation is 1. The predicted octanol–water partition coefficient (Wildman–Crippen LogP) is 1.78. The molecule has 0 aliphatic heterocycles. The fourth-order valence-corrected chi connectivity index (χ4v) is 2.86. The van der Waals surface area contributed by atoms with Crippen LogP contribution in [0.25, 0.3) is 0 Å². The number of carbonyl (C=O) groups is 1. The van der Waals surface area contributed by atoms with Crippen LogP contribution in [-0.2, 0) is 16.6 Å². The van der Waals surface area contributed by atoms with Gasteiger partial charge in [-0.25, -0.2) is 17.5 Å². The first kappa shape index (κ1) is 17.5. The number of hydrogen-bond donors (Lipinski definition) is 1. The Morgan fingerprint density at radius 1 is 1.43 bits per heavy atom. The maximum Gasteiger partial charge on any atom is 0.390 e. The van der Waals surface area contributed by atoms with Crippen LogP contribution in [0, 0.1) is 0 Å². The molecule has 0 aliphatic rings. The molecule has 0 radical (unpaired) electrons. The summed E-state index contributed by atoms with van der Waals surface area (Å²) in [7, 11) is -3.14. The van der Waals surface area contributed by atoms with E-state index < -0.39 is 35.1 Å². The lowest BCUT2D eigenvalue weighted by molar-refractivity contribution is -0.135. The van der Waals surface area contributed by atoms with Gasteiger partial charge in [-0.1, -0.05) is 0 Å². The van der Waals surface area contributed by atoms with Crippen molar-refractivity contribution >= 4 is 16.0 Å². The number of carboxylic acids is 1. The average Bonchev–Trinajstić information content (AvgIpc) is 2.79. The van der Waals surface area contributed by atoms with Crippen LogP contribution in [0.5, 0.6) is 0 Å². The summed E-state index contributed by atoms with van der Waals surface area (Å²) in [6, 6.07) is 0.936. The Labute approximate surface area is 119 Å². The van der Waals surface area contributed by atoms with Crippen LogP contribution in [0.4, 0.5) is 13.2 Å². The van der Waals surface area contributed by atoms with E-state index in [1.165, 1.54) is 4.57 Å². The SMILES string of the molecule is CCn1cc(S(=O)(=O)N(C)CCC(F)(F)F)cc1C(=O)O. The molecular weight excluding hydrogens is 313 g/mol. The molecule has 0 bridgehead atoms. The standard InChI is InChI=1S/C11H15F3N2O4S/c1-3-16-7-8(6-9(16)10(17)18)21(19,20)15(2)5-4-11(12,13)14/h6-7H,3-5H2,1-2H3,(H,17,18). The van der Waals surface area contributed by atoms with Crippen molar-refractivity contribution in [2.24, 2.45) is 0 Å². The Kier molecular flexibility index (Phi) is 5.05.